The van der Waals surface area contributed by atoms with Gasteiger partial charge in [-0.05, 0) is 22.3 Å². The van der Waals surface area contributed by atoms with Gasteiger partial charge in [0.1, 0.15) is 0 Å². The minimum atomic E-state index is -7.31. The van der Waals surface area contributed by atoms with Crippen LogP contribution in [0.5, 0.6) is 0 Å². The van der Waals surface area contributed by atoms with E-state index in [4.69, 9.17) is 11.6 Å². The smallest absolute Gasteiger partial charge is 0.206 e. The summed E-state index contributed by atoms with van der Waals surface area (Å²) in [7, 11) is -6.30. The second-order valence-electron chi connectivity index (χ2n) is 6.95. The Balaban J connectivity index is 2.28. The van der Waals surface area contributed by atoms with Gasteiger partial charge in [0, 0.05) is 19.5 Å². The first-order valence-electron chi connectivity index (χ1n) is 8.80. The van der Waals surface area contributed by atoms with Gasteiger partial charge in [0.15, 0.2) is 0 Å². The van der Waals surface area contributed by atoms with Crippen molar-refractivity contribution in [3.8, 4) is 11.1 Å². The van der Waals surface area contributed by atoms with Crippen LogP contribution >= 0.6 is 11.6 Å². The topological polar surface area (TPSA) is 37.4 Å². The fourth-order valence-electron chi connectivity index (χ4n) is 2.65. The van der Waals surface area contributed by atoms with Crippen molar-refractivity contribution < 1.29 is 47.9 Å². The first kappa shape index (κ1) is 27.3. The summed E-state index contributed by atoms with van der Waals surface area (Å²) in [5.41, 5.74) is 2.12. The van der Waals surface area contributed by atoms with Crippen LogP contribution in [0, 0.1) is 0 Å². The molecule has 0 saturated carbocycles. The van der Waals surface area contributed by atoms with Crippen LogP contribution in [-0.2, 0) is 22.4 Å². The fourth-order valence-corrected chi connectivity index (χ4v) is 3.99. The standard InChI is InChI=1S/C19H15ClF9NO2S/c1-30(33(31,32)19(28,29)17(23,24)16(21,22)18(25,26)27)11-13-4-8-15(9-5-13)14-6-2-12(10-20)3-7-14/h2-9H,10-11H2,1H3. The van der Waals surface area contributed by atoms with E-state index < -0.39 is 44.1 Å². The Morgan fingerprint density at radius 3 is 1.48 bits per heavy atom. The third-order valence-corrected chi connectivity index (χ3v) is 6.81. The maximum atomic E-state index is 13.9. The van der Waals surface area contributed by atoms with Crippen molar-refractivity contribution >= 4 is 21.6 Å². The van der Waals surface area contributed by atoms with Crippen molar-refractivity contribution in [3.05, 3.63) is 59.7 Å². The van der Waals surface area contributed by atoms with Crippen molar-refractivity contribution in [2.75, 3.05) is 7.05 Å². The summed E-state index contributed by atoms with van der Waals surface area (Å²) in [6, 6.07) is 12.3. The third-order valence-electron chi connectivity index (χ3n) is 4.65. The molecule has 0 radical (unpaired) electrons. The second-order valence-corrected chi connectivity index (χ2v) is 9.31. The molecule has 0 unspecified atom stereocenters. The molecule has 2 rings (SSSR count). The van der Waals surface area contributed by atoms with E-state index in [0.29, 0.717) is 18.2 Å². The quantitative estimate of drug-likeness (QED) is 0.299. The molecule has 0 N–H and O–H groups in total. The zero-order valence-electron chi connectivity index (χ0n) is 16.5. The van der Waals surface area contributed by atoms with Crippen molar-refractivity contribution in [2.24, 2.45) is 0 Å². The van der Waals surface area contributed by atoms with Crippen LogP contribution < -0.4 is 0 Å². The molecule has 0 saturated heterocycles. The van der Waals surface area contributed by atoms with Crippen molar-refractivity contribution in [1.82, 2.24) is 4.31 Å². The predicted molar refractivity (Wildman–Crippen MR) is 103 cm³/mol. The van der Waals surface area contributed by atoms with E-state index in [1.807, 2.05) is 0 Å². The van der Waals surface area contributed by atoms with Crippen molar-refractivity contribution in [2.45, 2.75) is 35.7 Å². The highest BCUT2D eigenvalue weighted by atomic mass is 35.5. The molecule has 14 heteroatoms. The van der Waals surface area contributed by atoms with E-state index in [0.717, 1.165) is 5.56 Å². The van der Waals surface area contributed by atoms with Gasteiger partial charge in [0.25, 0.3) is 10.0 Å². The van der Waals surface area contributed by atoms with E-state index in [-0.39, 0.29) is 11.4 Å². The van der Waals surface area contributed by atoms with Crippen LogP contribution in [0.15, 0.2) is 48.5 Å². The number of benzene rings is 2. The molecule has 2 aromatic rings. The Kier molecular flexibility index (Phi) is 7.42. The summed E-state index contributed by atoms with van der Waals surface area (Å²) < 4.78 is 141. The second kappa shape index (κ2) is 8.99. The zero-order chi connectivity index (χ0) is 25.5. The average Bonchev–Trinajstić information content (AvgIpc) is 2.73. The van der Waals surface area contributed by atoms with Crippen LogP contribution in [0.2, 0.25) is 0 Å². The summed E-state index contributed by atoms with van der Waals surface area (Å²) >= 11 is 5.69. The molecule has 0 bridgehead atoms. The summed E-state index contributed by atoms with van der Waals surface area (Å²) in [6.07, 6.45) is -7.12. The molecule has 184 valence electrons. The van der Waals surface area contributed by atoms with E-state index >= 15 is 0 Å². The van der Waals surface area contributed by atoms with Gasteiger partial charge in [-0.1, -0.05) is 48.5 Å². The van der Waals surface area contributed by atoms with Crippen molar-refractivity contribution in [3.63, 3.8) is 0 Å². The lowest BCUT2D eigenvalue weighted by molar-refractivity contribution is -0.382. The molecule has 0 atom stereocenters. The Hall–Kier alpha value is -1.99. The van der Waals surface area contributed by atoms with E-state index in [1.165, 1.54) is 24.3 Å². The van der Waals surface area contributed by atoms with Gasteiger partial charge in [-0.25, -0.2) is 8.42 Å². The monoisotopic (exact) mass is 527 g/mol. The van der Waals surface area contributed by atoms with Gasteiger partial charge >= 0.3 is 23.3 Å². The lowest BCUT2D eigenvalue weighted by Gasteiger charge is -2.34. The van der Waals surface area contributed by atoms with Crippen LogP contribution in [0.1, 0.15) is 11.1 Å². The normalized spacial score (nSPS) is 14.1. The number of alkyl halides is 10. The molecule has 0 fully saturated rings. The maximum Gasteiger partial charge on any atom is 0.460 e. The van der Waals surface area contributed by atoms with Gasteiger partial charge in [-0.15, -0.1) is 11.6 Å². The molecule has 3 nitrogen and oxygen atoms in total. The molecule has 0 aromatic heterocycles. The first-order chi connectivity index (χ1) is 14.9. The Morgan fingerprint density at radius 1 is 0.727 bits per heavy atom. The lowest BCUT2D eigenvalue weighted by Crippen LogP contribution is -2.64. The van der Waals surface area contributed by atoms with Gasteiger partial charge in [0.2, 0.25) is 0 Å². The molecular formula is C19H15ClF9NO2S. The van der Waals surface area contributed by atoms with Crippen LogP contribution in [0.25, 0.3) is 11.1 Å². The summed E-state index contributed by atoms with van der Waals surface area (Å²) in [5, 5.41) is -6.77. The fraction of sp³-hybridized carbons (Fsp3) is 0.368. The largest absolute Gasteiger partial charge is 0.460 e. The van der Waals surface area contributed by atoms with E-state index in [1.54, 1.807) is 24.3 Å². The molecule has 0 aliphatic rings. The molecule has 33 heavy (non-hydrogen) atoms. The number of hydrogen-bond donors (Lipinski definition) is 0. The van der Waals surface area contributed by atoms with Crippen molar-refractivity contribution in [1.29, 1.82) is 0 Å². The van der Waals surface area contributed by atoms with E-state index in [9.17, 15) is 47.9 Å². The Morgan fingerprint density at radius 2 is 1.12 bits per heavy atom. The molecule has 0 heterocycles. The van der Waals surface area contributed by atoms with Gasteiger partial charge in [-0.2, -0.15) is 43.8 Å². The highest BCUT2D eigenvalue weighted by Gasteiger charge is 2.85. The molecule has 0 spiro atoms. The molecule has 0 aliphatic carbocycles. The maximum absolute atomic E-state index is 13.9. The summed E-state index contributed by atoms with van der Waals surface area (Å²) in [6.45, 7) is -1.00. The average molecular weight is 528 g/mol. The summed E-state index contributed by atoms with van der Waals surface area (Å²) in [5.74, 6) is -14.3. The highest BCUT2D eigenvalue weighted by molar-refractivity contribution is 7.90. The van der Waals surface area contributed by atoms with Gasteiger partial charge < -0.3 is 0 Å². The SMILES string of the molecule is CN(Cc1ccc(-c2ccc(CCl)cc2)cc1)S(=O)(=O)C(F)(F)C(F)(F)C(F)(F)C(F)(F)F. The van der Waals surface area contributed by atoms with Crippen LogP contribution in [-0.4, -0.2) is 43.0 Å². The van der Waals surface area contributed by atoms with Crippen LogP contribution in [0.3, 0.4) is 0 Å². The van der Waals surface area contributed by atoms with E-state index in [2.05, 4.69) is 0 Å². The lowest BCUT2D eigenvalue weighted by atomic mass is 10.0. The van der Waals surface area contributed by atoms with Gasteiger partial charge in [-0.3, -0.25) is 0 Å². The zero-order valence-corrected chi connectivity index (χ0v) is 18.1. The highest BCUT2D eigenvalue weighted by Crippen LogP contribution is 2.55. The molecular weight excluding hydrogens is 513 g/mol. The summed E-state index contributed by atoms with van der Waals surface area (Å²) in [4.78, 5) is 0. The number of nitrogens with zero attached hydrogens (tertiary/aromatic N) is 1. The molecule has 0 amide bonds. The molecule has 2 aromatic carbocycles. The molecule has 0 aliphatic heterocycles. The number of hydrogen-bond acceptors (Lipinski definition) is 2. The van der Waals surface area contributed by atoms with Gasteiger partial charge in [0.05, 0.1) is 0 Å². The first-order valence-corrected chi connectivity index (χ1v) is 10.8. The predicted octanol–water partition coefficient (Wildman–Crippen LogP) is 6.28. The minimum absolute atomic E-state index is 0.0242. The number of halogens is 10. The Labute approximate surface area is 187 Å². The number of rotatable bonds is 8. The Bertz CT molecular complexity index is 1070. The van der Waals surface area contributed by atoms with Crippen LogP contribution in [0.4, 0.5) is 39.5 Å². The number of sulfonamides is 1. The minimum Gasteiger partial charge on any atom is -0.206 e. The third kappa shape index (κ3) is 4.80.